The molecule has 0 fully saturated rings. The van der Waals surface area contributed by atoms with Gasteiger partial charge >= 0.3 is 0 Å². The van der Waals surface area contributed by atoms with E-state index in [1.54, 1.807) is 62.7 Å². The fraction of sp³-hybridized carbons (Fsp3) is 0.429. The number of para-hydroxylation sites is 1. The van der Waals surface area contributed by atoms with Gasteiger partial charge in [-0.05, 0) is 42.3 Å². The summed E-state index contributed by atoms with van der Waals surface area (Å²) in [4.78, 5) is 53.7. The summed E-state index contributed by atoms with van der Waals surface area (Å²) in [5, 5.41) is 8.09. The Labute approximate surface area is 228 Å². The number of rotatable bonds is 7. The Morgan fingerprint density at radius 2 is 1.77 bits per heavy atom. The number of ether oxygens (including phenoxy) is 3. The fourth-order valence-electron chi connectivity index (χ4n) is 3.94. The average molecular weight is 541 g/mol. The van der Waals surface area contributed by atoms with Crippen molar-refractivity contribution >= 4 is 23.6 Å². The summed E-state index contributed by atoms with van der Waals surface area (Å²) in [6.45, 7) is 4.35. The Bertz CT molecular complexity index is 1150. The minimum Gasteiger partial charge on any atom is -0.497 e. The van der Waals surface area contributed by atoms with Crippen molar-refractivity contribution in [3.63, 3.8) is 0 Å². The predicted octanol–water partition coefficient (Wildman–Crippen LogP) is 1.37. The molecular formula is C28H36N4O7. The van der Waals surface area contributed by atoms with Gasteiger partial charge in [-0.25, -0.2) is 0 Å². The van der Waals surface area contributed by atoms with Crippen LogP contribution in [-0.2, 0) is 14.4 Å². The number of carbonyl (C=O) groups is 4. The van der Waals surface area contributed by atoms with Crippen molar-refractivity contribution < 1.29 is 33.4 Å². The van der Waals surface area contributed by atoms with Crippen LogP contribution in [0.15, 0.2) is 48.5 Å². The third kappa shape index (κ3) is 8.36. The van der Waals surface area contributed by atoms with Gasteiger partial charge < -0.3 is 35.1 Å². The summed E-state index contributed by atoms with van der Waals surface area (Å²) in [7, 11) is 3.20. The van der Waals surface area contributed by atoms with E-state index in [1.165, 1.54) is 4.90 Å². The molecular weight excluding hydrogens is 504 g/mol. The van der Waals surface area contributed by atoms with Crippen LogP contribution in [0.4, 0.5) is 0 Å². The first-order chi connectivity index (χ1) is 18.7. The normalized spacial score (nSPS) is 18.7. The van der Waals surface area contributed by atoms with Crippen LogP contribution in [0.25, 0.3) is 0 Å². The second kappa shape index (κ2) is 14.0. The molecule has 0 unspecified atom stereocenters. The largest absolute Gasteiger partial charge is 0.497 e. The summed E-state index contributed by atoms with van der Waals surface area (Å²) >= 11 is 0. The van der Waals surface area contributed by atoms with Crippen LogP contribution in [-0.4, -0.2) is 81.1 Å². The van der Waals surface area contributed by atoms with Gasteiger partial charge in [-0.2, -0.15) is 0 Å². The summed E-state index contributed by atoms with van der Waals surface area (Å²) in [6.07, 6.45) is -0.361. The number of hydrogen-bond donors (Lipinski definition) is 3. The van der Waals surface area contributed by atoms with Crippen molar-refractivity contribution in [2.24, 2.45) is 5.92 Å². The monoisotopic (exact) mass is 540 g/mol. The number of likely N-dealkylation sites (N-methyl/N-ethyl adjacent to an activating group) is 1. The summed E-state index contributed by atoms with van der Waals surface area (Å²) in [5.74, 6) is -0.526. The first kappa shape index (κ1) is 29.3. The molecule has 1 heterocycles. The average Bonchev–Trinajstić information content (AvgIpc) is 2.93. The second-order valence-corrected chi connectivity index (χ2v) is 9.44. The summed E-state index contributed by atoms with van der Waals surface area (Å²) in [6, 6.07) is 11.6. The molecule has 0 radical (unpaired) electrons. The number of benzene rings is 2. The SMILES string of the molecule is COc1ccc(OCCNC(=O)[C@@H]2CC(=O)N[C@@H](C(C)C)C(=O)N(C)CCOc3ccccc3C(=O)N2)cc1. The lowest BCUT2D eigenvalue weighted by atomic mass is 10.0. The summed E-state index contributed by atoms with van der Waals surface area (Å²) < 4.78 is 16.6. The lowest BCUT2D eigenvalue weighted by Crippen LogP contribution is -2.54. The van der Waals surface area contributed by atoms with Gasteiger partial charge in [0.1, 0.15) is 42.5 Å². The predicted molar refractivity (Wildman–Crippen MR) is 144 cm³/mol. The van der Waals surface area contributed by atoms with Gasteiger partial charge in [0.05, 0.1) is 32.2 Å². The van der Waals surface area contributed by atoms with Crippen molar-refractivity contribution in [1.29, 1.82) is 0 Å². The van der Waals surface area contributed by atoms with Crippen LogP contribution in [0.5, 0.6) is 17.2 Å². The van der Waals surface area contributed by atoms with E-state index in [1.807, 2.05) is 13.8 Å². The Morgan fingerprint density at radius 1 is 1.08 bits per heavy atom. The van der Waals surface area contributed by atoms with E-state index in [0.29, 0.717) is 17.2 Å². The Morgan fingerprint density at radius 3 is 2.46 bits per heavy atom. The molecule has 1 aliphatic heterocycles. The van der Waals surface area contributed by atoms with Crippen molar-refractivity contribution in [3.8, 4) is 17.2 Å². The maximum atomic E-state index is 13.2. The molecule has 0 spiro atoms. The van der Waals surface area contributed by atoms with E-state index in [-0.39, 0.29) is 50.1 Å². The van der Waals surface area contributed by atoms with Crippen molar-refractivity contribution in [2.45, 2.75) is 32.4 Å². The lowest BCUT2D eigenvalue weighted by Gasteiger charge is -2.28. The molecule has 1 aliphatic rings. The maximum Gasteiger partial charge on any atom is 0.255 e. The van der Waals surface area contributed by atoms with Gasteiger partial charge in [-0.3, -0.25) is 19.2 Å². The highest BCUT2D eigenvalue weighted by Crippen LogP contribution is 2.19. The number of methoxy groups -OCH3 is 1. The number of amides is 4. The third-order valence-electron chi connectivity index (χ3n) is 6.18. The minimum atomic E-state index is -1.20. The van der Waals surface area contributed by atoms with Crippen molar-refractivity contribution in [2.75, 3.05) is 40.5 Å². The van der Waals surface area contributed by atoms with Gasteiger partial charge in [-0.15, -0.1) is 0 Å². The number of carbonyl (C=O) groups excluding carboxylic acids is 4. The third-order valence-corrected chi connectivity index (χ3v) is 6.18. The van der Waals surface area contributed by atoms with Gasteiger partial charge in [0.25, 0.3) is 5.91 Å². The molecule has 3 rings (SSSR count). The van der Waals surface area contributed by atoms with Crippen LogP contribution in [0.3, 0.4) is 0 Å². The Hall–Kier alpha value is -4.28. The highest BCUT2D eigenvalue weighted by molar-refractivity contribution is 6.01. The van der Waals surface area contributed by atoms with Gasteiger partial charge in [0, 0.05) is 7.05 Å². The molecule has 2 aromatic rings. The summed E-state index contributed by atoms with van der Waals surface area (Å²) in [5.41, 5.74) is 0.213. The van der Waals surface area contributed by atoms with E-state index in [0.717, 1.165) is 0 Å². The zero-order valence-corrected chi connectivity index (χ0v) is 22.7. The topological polar surface area (TPSA) is 135 Å². The molecule has 0 saturated heterocycles. The van der Waals surface area contributed by atoms with Crippen molar-refractivity contribution in [1.82, 2.24) is 20.9 Å². The molecule has 4 amide bonds. The zero-order chi connectivity index (χ0) is 28.4. The highest BCUT2D eigenvalue weighted by Gasteiger charge is 2.31. The van der Waals surface area contributed by atoms with Crippen LogP contribution >= 0.6 is 0 Å². The molecule has 0 aromatic heterocycles. The molecule has 2 atom stereocenters. The molecule has 2 aromatic carbocycles. The molecule has 11 nitrogen and oxygen atoms in total. The van der Waals surface area contributed by atoms with Crippen LogP contribution in [0.1, 0.15) is 30.6 Å². The van der Waals surface area contributed by atoms with E-state index in [2.05, 4.69) is 16.0 Å². The van der Waals surface area contributed by atoms with E-state index < -0.39 is 29.8 Å². The molecule has 3 N–H and O–H groups in total. The van der Waals surface area contributed by atoms with E-state index in [4.69, 9.17) is 14.2 Å². The second-order valence-electron chi connectivity index (χ2n) is 9.44. The van der Waals surface area contributed by atoms with E-state index >= 15 is 0 Å². The number of nitrogens with one attached hydrogen (secondary N) is 3. The molecule has 39 heavy (non-hydrogen) atoms. The molecule has 0 saturated carbocycles. The number of hydrogen-bond acceptors (Lipinski definition) is 7. The number of fused-ring (bicyclic) bond motifs is 1. The van der Waals surface area contributed by atoms with Crippen LogP contribution < -0.4 is 30.2 Å². The standard InChI is InChI=1S/C28H36N4O7/c1-18(2)25-28(36)32(3)14-16-39-23-8-6-5-7-21(23)26(34)30-22(17-24(33)31-25)27(35)29-13-15-38-20-11-9-19(37-4)10-12-20/h5-12,18,22,25H,13-17H2,1-4H3,(H,29,35)(H,30,34)(H,31,33)/t22-,25-/m0/s1. The van der Waals surface area contributed by atoms with Gasteiger partial charge in [-0.1, -0.05) is 26.0 Å². The smallest absolute Gasteiger partial charge is 0.255 e. The molecule has 11 heteroatoms. The number of nitrogens with zero attached hydrogens (tertiary/aromatic N) is 1. The minimum absolute atomic E-state index is 0.135. The van der Waals surface area contributed by atoms with Crippen molar-refractivity contribution in [3.05, 3.63) is 54.1 Å². The molecule has 0 aliphatic carbocycles. The Kier molecular flexibility index (Phi) is 10.5. The maximum absolute atomic E-state index is 13.2. The van der Waals surface area contributed by atoms with Crippen LogP contribution in [0.2, 0.25) is 0 Å². The van der Waals surface area contributed by atoms with E-state index in [9.17, 15) is 19.2 Å². The fourth-order valence-corrected chi connectivity index (χ4v) is 3.94. The molecule has 210 valence electrons. The quantitative estimate of drug-likeness (QED) is 0.452. The first-order valence-corrected chi connectivity index (χ1v) is 12.8. The van der Waals surface area contributed by atoms with Gasteiger partial charge in [0.15, 0.2) is 0 Å². The van der Waals surface area contributed by atoms with Gasteiger partial charge in [0.2, 0.25) is 17.7 Å². The zero-order valence-electron chi connectivity index (χ0n) is 22.7. The Balaban J connectivity index is 1.74. The highest BCUT2D eigenvalue weighted by atomic mass is 16.5. The first-order valence-electron chi connectivity index (χ1n) is 12.8. The van der Waals surface area contributed by atoms with Crippen LogP contribution in [0, 0.1) is 5.92 Å². The lowest BCUT2D eigenvalue weighted by molar-refractivity contribution is -0.137. The molecule has 0 bridgehead atoms.